The maximum absolute atomic E-state index is 9.01. The average Bonchev–Trinajstić information content (AvgIpc) is 2.36. The number of halogens is 1. The monoisotopic (exact) mass is 331 g/mol. The van der Waals surface area contributed by atoms with Gasteiger partial charge in [-0.05, 0) is 37.1 Å². The molecule has 0 radical (unpaired) electrons. The molecule has 4 heteroatoms. The van der Waals surface area contributed by atoms with Gasteiger partial charge in [0.1, 0.15) is 0 Å². The van der Waals surface area contributed by atoms with Crippen LogP contribution >= 0.6 is 27.7 Å². The van der Waals surface area contributed by atoms with E-state index in [1.54, 1.807) is 11.8 Å². The number of rotatable bonds is 7. The van der Waals surface area contributed by atoms with Gasteiger partial charge in [-0.25, -0.2) is 0 Å². The summed E-state index contributed by atoms with van der Waals surface area (Å²) in [5, 5.41) is 12.4. The van der Waals surface area contributed by atoms with Gasteiger partial charge < -0.3 is 10.4 Å². The maximum atomic E-state index is 9.01. The normalized spacial score (nSPS) is 14.5. The number of hydrogen-bond acceptors (Lipinski definition) is 3. The third kappa shape index (κ3) is 4.92. The zero-order chi connectivity index (χ0) is 13.5. The molecule has 0 bridgehead atoms. The minimum atomic E-state index is 0.254. The standard InChI is InChI=1S/C14H22BrNOS/c1-4-16-11(3)13-6-5-12(7-14(13)15)18-9-10(2)8-17/h5-7,10-11,16-17H,4,8-9H2,1-3H3. The molecule has 2 nitrogen and oxygen atoms in total. The second-order valence-electron chi connectivity index (χ2n) is 4.56. The first kappa shape index (κ1) is 16.0. The van der Waals surface area contributed by atoms with Crippen molar-refractivity contribution in [3.8, 4) is 0 Å². The van der Waals surface area contributed by atoms with Crippen LogP contribution in [0.2, 0.25) is 0 Å². The van der Waals surface area contributed by atoms with E-state index >= 15 is 0 Å². The fourth-order valence-electron chi connectivity index (χ4n) is 1.66. The number of benzene rings is 1. The Morgan fingerprint density at radius 3 is 2.67 bits per heavy atom. The number of aliphatic hydroxyl groups is 1. The fraction of sp³-hybridized carbons (Fsp3) is 0.571. The Morgan fingerprint density at radius 2 is 2.11 bits per heavy atom. The third-order valence-electron chi connectivity index (χ3n) is 2.79. The highest BCUT2D eigenvalue weighted by molar-refractivity contribution is 9.10. The number of hydrogen-bond donors (Lipinski definition) is 2. The molecule has 2 N–H and O–H groups in total. The van der Waals surface area contributed by atoms with Crippen LogP contribution in [0.3, 0.4) is 0 Å². The molecular formula is C14H22BrNOS. The van der Waals surface area contributed by atoms with E-state index in [9.17, 15) is 0 Å². The number of nitrogens with one attached hydrogen (secondary N) is 1. The van der Waals surface area contributed by atoms with Crippen LogP contribution in [0.4, 0.5) is 0 Å². The summed E-state index contributed by atoms with van der Waals surface area (Å²) in [6.07, 6.45) is 0. The van der Waals surface area contributed by atoms with E-state index < -0.39 is 0 Å². The van der Waals surface area contributed by atoms with Crippen molar-refractivity contribution in [1.29, 1.82) is 0 Å². The van der Waals surface area contributed by atoms with Gasteiger partial charge in [0.2, 0.25) is 0 Å². The molecule has 0 saturated carbocycles. The first-order valence-electron chi connectivity index (χ1n) is 6.35. The van der Waals surface area contributed by atoms with Crippen LogP contribution in [0, 0.1) is 5.92 Å². The Balaban J connectivity index is 2.67. The van der Waals surface area contributed by atoms with Gasteiger partial charge in [-0.1, -0.05) is 35.8 Å². The smallest absolute Gasteiger partial charge is 0.0464 e. The van der Waals surface area contributed by atoms with Crippen molar-refractivity contribution < 1.29 is 5.11 Å². The van der Waals surface area contributed by atoms with Gasteiger partial charge in [0, 0.05) is 27.8 Å². The van der Waals surface area contributed by atoms with Gasteiger partial charge in [-0.3, -0.25) is 0 Å². The van der Waals surface area contributed by atoms with Gasteiger partial charge in [-0.15, -0.1) is 11.8 Å². The van der Waals surface area contributed by atoms with E-state index in [0.717, 1.165) is 16.8 Å². The number of aliphatic hydroxyl groups excluding tert-OH is 1. The van der Waals surface area contributed by atoms with Gasteiger partial charge in [0.15, 0.2) is 0 Å². The van der Waals surface area contributed by atoms with Crippen molar-refractivity contribution in [2.75, 3.05) is 18.9 Å². The Bertz CT molecular complexity index is 373. The van der Waals surface area contributed by atoms with Crippen LogP contribution < -0.4 is 5.32 Å². The predicted molar refractivity (Wildman–Crippen MR) is 83.2 cm³/mol. The zero-order valence-electron chi connectivity index (χ0n) is 11.2. The summed E-state index contributed by atoms with van der Waals surface area (Å²) in [4.78, 5) is 1.25. The Kier molecular flexibility index (Phi) is 7.30. The molecule has 0 aromatic heterocycles. The van der Waals surface area contributed by atoms with Crippen molar-refractivity contribution in [3.63, 3.8) is 0 Å². The summed E-state index contributed by atoms with van der Waals surface area (Å²) >= 11 is 5.43. The molecule has 0 saturated heterocycles. The fourth-order valence-corrected chi connectivity index (χ4v) is 3.48. The van der Waals surface area contributed by atoms with Crippen LogP contribution in [0.15, 0.2) is 27.6 Å². The molecular weight excluding hydrogens is 310 g/mol. The molecule has 18 heavy (non-hydrogen) atoms. The molecule has 0 heterocycles. The van der Waals surface area contributed by atoms with Crippen LogP contribution in [0.25, 0.3) is 0 Å². The van der Waals surface area contributed by atoms with Gasteiger partial charge >= 0.3 is 0 Å². The lowest BCUT2D eigenvalue weighted by molar-refractivity contribution is 0.250. The van der Waals surface area contributed by atoms with Crippen molar-refractivity contribution >= 4 is 27.7 Å². The summed E-state index contributed by atoms with van der Waals surface area (Å²) in [5.74, 6) is 1.29. The lowest BCUT2D eigenvalue weighted by atomic mass is 10.1. The summed E-state index contributed by atoms with van der Waals surface area (Å²) in [6, 6.07) is 6.85. The van der Waals surface area contributed by atoms with E-state index in [4.69, 9.17) is 5.11 Å². The second kappa shape index (κ2) is 8.20. The Hall–Kier alpha value is -0.0300. The van der Waals surface area contributed by atoms with Crippen LogP contribution in [0.5, 0.6) is 0 Å². The van der Waals surface area contributed by atoms with Crippen LogP contribution in [0.1, 0.15) is 32.4 Å². The van der Waals surface area contributed by atoms with Gasteiger partial charge in [0.25, 0.3) is 0 Å². The summed E-state index contributed by atoms with van der Waals surface area (Å²) in [7, 11) is 0. The first-order valence-corrected chi connectivity index (χ1v) is 8.12. The largest absolute Gasteiger partial charge is 0.396 e. The average molecular weight is 332 g/mol. The quantitative estimate of drug-likeness (QED) is 0.744. The highest BCUT2D eigenvalue weighted by atomic mass is 79.9. The molecule has 0 aliphatic heterocycles. The molecule has 1 aromatic rings. The van der Waals surface area contributed by atoms with E-state index in [-0.39, 0.29) is 6.61 Å². The van der Waals surface area contributed by atoms with Gasteiger partial charge in [0.05, 0.1) is 0 Å². The van der Waals surface area contributed by atoms with Crippen molar-refractivity contribution in [2.24, 2.45) is 5.92 Å². The third-order valence-corrected chi connectivity index (χ3v) is 4.80. The van der Waals surface area contributed by atoms with Crippen molar-refractivity contribution in [3.05, 3.63) is 28.2 Å². The molecule has 1 aromatic carbocycles. The lowest BCUT2D eigenvalue weighted by Crippen LogP contribution is -2.18. The Labute approximate surface area is 123 Å². The molecule has 1 rings (SSSR count). The first-order chi connectivity index (χ1) is 8.58. The summed E-state index contributed by atoms with van der Waals surface area (Å²) in [5.41, 5.74) is 1.29. The highest BCUT2D eigenvalue weighted by Crippen LogP contribution is 2.29. The van der Waals surface area contributed by atoms with E-state index in [1.807, 2.05) is 0 Å². The highest BCUT2D eigenvalue weighted by Gasteiger charge is 2.09. The molecule has 0 spiro atoms. The molecule has 0 fully saturated rings. The minimum absolute atomic E-state index is 0.254. The molecule has 0 aliphatic carbocycles. The topological polar surface area (TPSA) is 32.3 Å². The molecule has 0 amide bonds. The van der Waals surface area contributed by atoms with E-state index in [0.29, 0.717) is 12.0 Å². The minimum Gasteiger partial charge on any atom is -0.396 e. The summed E-state index contributed by atoms with van der Waals surface area (Å²) in [6.45, 7) is 7.57. The second-order valence-corrected chi connectivity index (χ2v) is 6.51. The molecule has 2 unspecified atom stereocenters. The van der Waals surface area contributed by atoms with Gasteiger partial charge in [-0.2, -0.15) is 0 Å². The maximum Gasteiger partial charge on any atom is 0.0464 e. The SMILES string of the molecule is CCNC(C)c1ccc(SCC(C)CO)cc1Br. The molecule has 2 atom stereocenters. The van der Waals surface area contributed by atoms with E-state index in [2.05, 4.69) is 60.2 Å². The lowest BCUT2D eigenvalue weighted by Gasteiger charge is -2.15. The van der Waals surface area contributed by atoms with Crippen molar-refractivity contribution in [2.45, 2.75) is 31.7 Å². The molecule has 0 aliphatic rings. The number of thioether (sulfide) groups is 1. The Morgan fingerprint density at radius 1 is 1.39 bits per heavy atom. The predicted octanol–water partition coefficient (Wildman–Crippen LogP) is 3.84. The van der Waals surface area contributed by atoms with Crippen LogP contribution in [-0.2, 0) is 0 Å². The zero-order valence-corrected chi connectivity index (χ0v) is 13.6. The van der Waals surface area contributed by atoms with E-state index in [1.165, 1.54) is 10.5 Å². The van der Waals surface area contributed by atoms with Crippen LogP contribution in [-0.4, -0.2) is 24.0 Å². The van der Waals surface area contributed by atoms with Crippen molar-refractivity contribution in [1.82, 2.24) is 5.32 Å². The summed E-state index contributed by atoms with van der Waals surface area (Å²) < 4.78 is 1.15. The molecule has 102 valence electrons.